The quantitative estimate of drug-likeness (QED) is 0.512. The fourth-order valence-corrected chi connectivity index (χ4v) is 1.58. The molecule has 0 aliphatic rings. The maximum Gasteiger partial charge on any atom is 0.433 e. The number of benzene rings is 1. The van der Waals surface area contributed by atoms with E-state index in [1.54, 1.807) is 0 Å². The van der Waals surface area contributed by atoms with Gasteiger partial charge in [0.05, 0.1) is 10.6 Å². The van der Waals surface area contributed by atoms with Crippen molar-refractivity contribution >= 4 is 11.6 Å². The minimum Gasteiger partial charge on any atom is -0.292 e. The van der Waals surface area contributed by atoms with Crippen molar-refractivity contribution in [1.82, 2.24) is 9.97 Å². The average Bonchev–Trinajstić information content (AvgIpc) is 2.46. The highest BCUT2D eigenvalue weighted by atomic mass is 19.4. The molecule has 21 heavy (non-hydrogen) atoms. The molecule has 10 heteroatoms. The molecule has 3 N–H and O–H groups in total. The molecule has 7 nitrogen and oxygen atoms in total. The predicted octanol–water partition coefficient (Wildman–Crippen LogP) is 2.36. The number of nitrogens with two attached hydrogens (primary N) is 1. The largest absolute Gasteiger partial charge is 0.433 e. The van der Waals surface area contributed by atoms with E-state index >= 15 is 0 Å². The molecule has 0 fully saturated rings. The van der Waals surface area contributed by atoms with E-state index in [4.69, 9.17) is 5.84 Å². The number of alkyl halides is 3. The molecule has 2 aromatic rings. The summed E-state index contributed by atoms with van der Waals surface area (Å²) < 4.78 is 38.2. The summed E-state index contributed by atoms with van der Waals surface area (Å²) in [7, 11) is 0. The topological polar surface area (TPSA) is 107 Å². The Bertz CT molecular complexity index is 690. The molecule has 0 bridgehead atoms. The fourth-order valence-electron chi connectivity index (χ4n) is 1.58. The summed E-state index contributed by atoms with van der Waals surface area (Å²) >= 11 is 0. The lowest BCUT2D eigenvalue weighted by Crippen LogP contribution is -2.15. The number of nitro groups is 1. The molecule has 0 aliphatic heterocycles. The lowest BCUT2D eigenvalue weighted by atomic mass is 10.1. The number of aromatic nitrogens is 2. The summed E-state index contributed by atoms with van der Waals surface area (Å²) in [6.45, 7) is 0. The molecule has 0 unspecified atom stereocenters. The Morgan fingerprint density at radius 1 is 1.24 bits per heavy atom. The minimum absolute atomic E-state index is 0.131. The summed E-state index contributed by atoms with van der Waals surface area (Å²) in [6.07, 6.45) is -4.69. The number of nitrogens with one attached hydrogen (secondary N) is 1. The number of rotatable bonds is 3. The van der Waals surface area contributed by atoms with E-state index in [1.807, 2.05) is 5.43 Å². The van der Waals surface area contributed by atoms with Crippen LogP contribution in [-0.2, 0) is 6.18 Å². The Morgan fingerprint density at radius 2 is 1.95 bits per heavy atom. The van der Waals surface area contributed by atoms with Crippen LogP contribution in [0.3, 0.4) is 0 Å². The van der Waals surface area contributed by atoms with Gasteiger partial charge in [0.25, 0.3) is 5.69 Å². The van der Waals surface area contributed by atoms with E-state index in [2.05, 4.69) is 9.97 Å². The van der Waals surface area contributed by atoms with Gasteiger partial charge in [-0.15, -0.1) is 0 Å². The van der Waals surface area contributed by atoms with Crippen molar-refractivity contribution in [2.24, 2.45) is 5.84 Å². The summed E-state index contributed by atoms with van der Waals surface area (Å²) in [5.74, 6) is 4.60. The zero-order chi connectivity index (χ0) is 15.6. The van der Waals surface area contributed by atoms with Crippen molar-refractivity contribution < 1.29 is 18.1 Å². The van der Waals surface area contributed by atoms with Crippen molar-refractivity contribution in [2.45, 2.75) is 6.18 Å². The van der Waals surface area contributed by atoms with Gasteiger partial charge in [-0.25, -0.2) is 15.8 Å². The molecular formula is C11H8F3N5O2. The van der Waals surface area contributed by atoms with Crippen LogP contribution in [0, 0.1) is 10.1 Å². The number of nitro benzene ring substituents is 1. The monoisotopic (exact) mass is 299 g/mol. The van der Waals surface area contributed by atoms with E-state index in [0.29, 0.717) is 6.07 Å². The minimum atomic E-state index is -4.69. The fraction of sp³-hybridized carbons (Fsp3) is 0.0909. The van der Waals surface area contributed by atoms with E-state index in [0.717, 1.165) is 6.07 Å². The molecule has 1 heterocycles. The number of hydrogen-bond donors (Lipinski definition) is 2. The van der Waals surface area contributed by atoms with Crippen molar-refractivity contribution in [3.8, 4) is 11.3 Å². The lowest BCUT2D eigenvalue weighted by molar-refractivity contribution is -0.384. The van der Waals surface area contributed by atoms with Crippen molar-refractivity contribution in [3.05, 3.63) is 46.1 Å². The van der Waals surface area contributed by atoms with Crippen molar-refractivity contribution in [1.29, 1.82) is 0 Å². The Kier molecular flexibility index (Phi) is 3.72. The lowest BCUT2D eigenvalue weighted by Gasteiger charge is -2.10. The Hall–Kier alpha value is -2.75. The van der Waals surface area contributed by atoms with Gasteiger partial charge in [0.1, 0.15) is 0 Å². The molecule has 0 aliphatic carbocycles. The van der Waals surface area contributed by atoms with Gasteiger partial charge >= 0.3 is 6.18 Å². The number of halogens is 3. The van der Waals surface area contributed by atoms with Crippen LogP contribution in [0.2, 0.25) is 0 Å². The van der Waals surface area contributed by atoms with Gasteiger partial charge in [-0.05, 0) is 6.07 Å². The Morgan fingerprint density at radius 3 is 2.52 bits per heavy atom. The van der Waals surface area contributed by atoms with Gasteiger partial charge < -0.3 is 0 Å². The number of non-ortho nitro benzene ring substituents is 1. The predicted molar refractivity (Wildman–Crippen MR) is 66.9 cm³/mol. The van der Waals surface area contributed by atoms with Crippen molar-refractivity contribution in [2.75, 3.05) is 5.43 Å². The molecule has 0 radical (unpaired) electrons. The van der Waals surface area contributed by atoms with E-state index in [1.165, 1.54) is 18.2 Å². The highest BCUT2D eigenvalue weighted by Gasteiger charge is 2.33. The van der Waals surface area contributed by atoms with Gasteiger partial charge in [-0.2, -0.15) is 13.2 Å². The number of nitrogens with zero attached hydrogens (tertiary/aromatic N) is 3. The first-order valence-corrected chi connectivity index (χ1v) is 5.49. The zero-order valence-corrected chi connectivity index (χ0v) is 10.3. The molecular weight excluding hydrogens is 291 g/mol. The molecule has 0 amide bonds. The van der Waals surface area contributed by atoms with Gasteiger partial charge in [0, 0.05) is 17.7 Å². The highest BCUT2D eigenvalue weighted by molar-refractivity contribution is 5.64. The van der Waals surface area contributed by atoms with E-state index < -0.39 is 22.7 Å². The van der Waals surface area contributed by atoms with Crippen LogP contribution >= 0.6 is 0 Å². The summed E-state index contributed by atoms with van der Waals surface area (Å²) in [5.41, 5.74) is 0.483. The third-order valence-electron chi connectivity index (χ3n) is 2.50. The summed E-state index contributed by atoms with van der Waals surface area (Å²) in [6, 6.07) is 5.77. The average molecular weight is 299 g/mol. The van der Waals surface area contributed by atoms with Gasteiger partial charge in [-0.3, -0.25) is 15.5 Å². The maximum absolute atomic E-state index is 12.7. The summed E-state index contributed by atoms with van der Waals surface area (Å²) in [5, 5.41) is 10.7. The third kappa shape index (κ3) is 3.23. The number of nitrogen functional groups attached to an aromatic ring is 1. The molecule has 0 saturated carbocycles. The highest BCUT2D eigenvalue weighted by Crippen LogP contribution is 2.31. The smallest absolute Gasteiger partial charge is 0.292 e. The zero-order valence-electron chi connectivity index (χ0n) is 10.3. The number of hydrazine groups is 1. The van der Waals surface area contributed by atoms with Crippen LogP contribution in [0.25, 0.3) is 11.3 Å². The first-order chi connectivity index (χ1) is 9.81. The van der Waals surface area contributed by atoms with E-state index in [9.17, 15) is 23.3 Å². The van der Waals surface area contributed by atoms with Crippen LogP contribution in [-0.4, -0.2) is 14.9 Å². The second-order valence-corrected chi connectivity index (χ2v) is 3.91. The van der Waals surface area contributed by atoms with Gasteiger partial charge in [-0.1, -0.05) is 12.1 Å². The summed E-state index contributed by atoms with van der Waals surface area (Å²) in [4.78, 5) is 17.0. The number of hydrogen-bond acceptors (Lipinski definition) is 6. The van der Waals surface area contributed by atoms with Crippen LogP contribution in [0.4, 0.5) is 24.8 Å². The first kappa shape index (κ1) is 14.7. The number of anilines is 1. The molecule has 0 spiro atoms. The van der Waals surface area contributed by atoms with Crippen LogP contribution in [0.1, 0.15) is 5.69 Å². The normalized spacial score (nSPS) is 11.2. The Balaban J connectivity index is 2.58. The Labute approximate surface area is 115 Å². The second-order valence-electron chi connectivity index (χ2n) is 3.91. The van der Waals surface area contributed by atoms with Crippen molar-refractivity contribution in [3.63, 3.8) is 0 Å². The third-order valence-corrected chi connectivity index (χ3v) is 2.50. The van der Waals surface area contributed by atoms with Gasteiger partial charge in [0.15, 0.2) is 5.69 Å². The standard InChI is InChI=1S/C11H8F3N5O2/c12-11(13,14)9-5-8(16-10(17-9)18-15)6-2-1-3-7(4-6)19(20)21/h1-5H,15H2,(H,16,17,18). The molecule has 110 valence electrons. The molecule has 2 rings (SSSR count). The van der Waals surface area contributed by atoms with Crippen LogP contribution in [0.15, 0.2) is 30.3 Å². The first-order valence-electron chi connectivity index (χ1n) is 5.49. The van der Waals surface area contributed by atoms with Gasteiger partial charge in [0.2, 0.25) is 5.95 Å². The second kappa shape index (κ2) is 5.32. The molecule has 0 atom stereocenters. The maximum atomic E-state index is 12.7. The van der Waals surface area contributed by atoms with E-state index in [-0.39, 0.29) is 16.9 Å². The SMILES string of the molecule is NNc1nc(-c2cccc([N+](=O)[O-])c2)cc(C(F)(F)F)n1. The van der Waals surface area contributed by atoms with Crippen LogP contribution < -0.4 is 11.3 Å². The molecule has 1 aromatic heterocycles. The molecule has 0 saturated heterocycles. The molecule has 1 aromatic carbocycles. The van der Waals surface area contributed by atoms with Crippen LogP contribution in [0.5, 0.6) is 0 Å².